The monoisotopic (exact) mass is 372 g/mol. The average molecular weight is 373 g/mol. The van der Waals surface area contributed by atoms with Crippen molar-refractivity contribution in [1.29, 1.82) is 0 Å². The Kier molecular flexibility index (Phi) is 6.74. The molecule has 0 radical (unpaired) electrons. The predicted octanol–water partition coefficient (Wildman–Crippen LogP) is 2.36. The lowest BCUT2D eigenvalue weighted by molar-refractivity contribution is 0.131. The van der Waals surface area contributed by atoms with Gasteiger partial charge in [0.05, 0.1) is 13.2 Å². The normalized spacial score (nSPS) is 20.3. The summed E-state index contributed by atoms with van der Waals surface area (Å²) in [5.74, 6) is 0.831. The quantitative estimate of drug-likeness (QED) is 0.424. The summed E-state index contributed by atoms with van der Waals surface area (Å²) in [6.07, 6.45) is 4.74. The molecule has 0 bridgehead atoms. The number of aromatic amines is 1. The van der Waals surface area contributed by atoms with Gasteiger partial charge in [-0.3, -0.25) is 4.99 Å². The third-order valence-corrected chi connectivity index (χ3v) is 5.44. The number of nitrogens with zero attached hydrogens (tertiary/aromatic N) is 1. The third-order valence-electron chi connectivity index (χ3n) is 5.44. The van der Waals surface area contributed by atoms with Crippen LogP contribution >= 0.6 is 0 Å². The van der Waals surface area contributed by atoms with Crippen LogP contribution in [-0.2, 0) is 11.2 Å². The summed E-state index contributed by atoms with van der Waals surface area (Å²) in [7, 11) is 0. The number of aromatic nitrogens is 1. The largest absolute Gasteiger partial charge is 0.396 e. The first-order chi connectivity index (χ1) is 13.2. The first-order valence-corrected chi connectivity index (χ1v) is 9.94. The second kappa shape index (κ2) is 9.24. The van der Waals surface area contributed by atoms with Gasteiger partial charge in [-0.1, -0.05) is 18.2 Å². The number of fused-ring (bicyclic) bond motifs is 1. The molecule has 1 aromatic carbocycles. The van der Waals surface area contributed by atoms with E-state index < -0.39 is 0 Å². The fraction of sp³-hybridized carbons (Fsp3) is 0.571. The lowest BCUT2D eigenvalue weighted by Crippen LogP contribution is -2.39. The number of hydrogen-bond acceptors (Lipinski definition) is 3. The number of rotatable bonds is 8. The topological polar surface area (TPSA) is 81.7 Å². The van der Waals surface area contributed by atoms with Crippen molar-refractivity contribution in [3.63, 3.8) is 0 Å². The van der Waals surface area contributed by atoms with Crippen LogP contribution < -0.4 is 10.6 Å². The van der Waals surface area contributed by atoms with Crippen molar-refractivity contribution in [3.8, 4) is 0 Å². The maximum atomic E-state index is 9.38. The first-order valence-electron chi connectivity index (χ1n) is 9.94. The minimum atomic E-state index is -0.0224. The van der Waals surface area contributed by atoms with E-state index in [9.17, 15) is 5.11 Å². The molecule has 148 valence electrons. The summed E-state index contributed by atoms with van der Waals surface area (Å²) in [5.41, 5.74) is 3.79. The molecular weight excluding hydrogens is 340 g/mol. The minimum absolute atomic E-state index is 0.0224. The number of aliphatic hydroxyl groups excluding tert-OH is 1. The van der Waals surface area contributed by atoms with Crippen molar-refractivity contribution in [2.45, 2.75) is 33.1 Å². The van der Waals surface area contributed by atoms with E-state index in [2.05, 4.69) is 53.9 Å². The highest BCUT2D eigenvalue weighted by Gasteiger charge is 2.34. The fourth-order valence-corrected chi connectivity index (χ4v) is 3.76. The molecule has 3 rings (SSSR count). The van der Waals surface area contributed by atoms with E-state index >= 15 is 0 Å². The number of aliphatic hydroxyl groups is 1. The van der Waals surface area contributed by atoms with E-state index in [4.69, 9.17) is 9.73 Å². The van der Waals surface area contributed by atoms with Crippen LogP contribution in [0.25, 0.3) is 10.9 Å². The molecule has 1 aromatic heterocycles. The summed E-state index contributed by atoms with van der Waals surface area (Å²) in [5, 5.41) is 17.4. The number of para-hydroxylation sites is 1. The van der Waals surface area contributed by atoms with E-state index in [1.807, 2.05) is 0 Å². The van der Waals surface area contributed by atoms with Crippen LogP contribution in [0.15, 0.2) is 29.4 Å². The van der Waals surface area contributed by atoms with Crippen LogP contribution in [-0.4, -0.2) is 55.5 Å². The molecule has 6 heteroatoms. The Morgan fingerprint density at radius 1 is 1.37 bits per heavy atom. The second-order valence-electron chi connectivity index (χ2n) is 7.46. The molecule has 2 heterocycles. The standard InChI is InChI=1S/C21H32N4O2/c1-3-22-20(25-14-21(8-11-26)9-12-27-15-21)23-10-7-17-13-24-19-16(2)5-4-6-18(17)19/h4-6,13,24,26H,3,7-12,14-15H2,1-2H3,(H2,22,23,25). The number of benzene rings is 1. The van der Waals surface area contributed by atoms with Crippen LogP contribution in [0, 0.1) is 12.3 Å². The van der Waals surface area contributed by atoms with Crippen molar-refractivity contribution in [3.05, 3.63) is 35.5 Å². The maximum absolute atomic E-state index is 9.38. The van der Waals surface area contributed by atoms with Crippen molar-refractivity contribution in [1.82, 2.24) is 15.6 Å². The number of aryl methyl sites for hydroxylation is 1. The van der Waals surface area contributed by atoms with Gasteiger partial charge >= 0.3 is 0 Å². The summed E-state index contributed by atoms with van der Waals surface area (Å²) in [4.78, 5) is 8.17. The van der Waals surface area contributed by atoms with Gasteiger partial charge in [0.2, 0.25) is 0 Å². The Balaban J connectivity index is 1.60. The van der Waals surface area contributed by atoms with Crippen LogP contribution in [0.4, 0.5) is 0 Å². The smallest absolute Gasteiger partial charge is 0.191 e. The van der Waals surface area contributed by atoms with Crippen LogP contribution in [0.1, 0.15) is 30.9 Å². The van der Waals surface area contributed by atoms with Gasteiger partial charge in [-0.15, -0.1) is 0 Å². The highest BCUT2D eigenvalue weighted by atomic mass is 16.5. The van der Waals surface area contributed by atoms with E-state index in [-0.39, 0.29) is 12.0 Å². The summed E-state index contributed by atoms with van der Waals surface area (Å²) in [6.45, 7) is 8.15. The summed E-state index contributed by atoms with van der Waals surface area (Å²) >= 11 is 0. The lowest BCUT2D eigenvalue weighted by Gasteiger charge is -2.24. The Morgan fingerprint density at radius 2 is 2.26 bits per heavy atom. The van der Waals surface area contributed by atoms with E-state index in [1.165, 1.54) is 22.0 Å². The van der Waals surface area contributed by atoms with Gasteiger partial charge in [0, 0.05) is 48.8 Å². The molecule has 0 spiro atoms. The predicted molar refractivity (Wildman–Crippen MR) is 110 cm³/mol. The molecule has 0 amide bonds. The van der Waals surface area contributed by atoms with Crippen molar-refractivity contribution in [2.75, 3.05) is 39.5 Å². The summed E-state index contributed by atoms with van der Waals surface area (Å²) in [6, 6.07) is 6.41. The van der Waals surface area contributed by atoms with E-state index in [1.54, 1.807) is 0 Å². The van der Waals surface area contributed by atoms with E-state index in [0.717, 1.165) is 44.9 Å². The Hall–Kier alpha value is -2.05. The molecule has 1 atom stereocenters. The van der Waals surface area contributed by atoms with Crippen LogP contribution in [0.3, 0.4) is 0 Å². The first kappa shape index (κ1) is 19.7. The molecule has 6 nitrogen and oxygen atoms in total. The SMILES string of the molecule is CCNC(=NCC1(CCO)CCOC1)NCCc1c[nH]c2c(C)cccc12. The number of H-pyrrole nitrogens is 1. The number of ether oxygens (including phenoxy) is 1. The van der Waals surface area contributed by atoms with Gasteiger partial charge in [-0.2, -0.15) is 0 Å². The number of hydrogen-bond donors (Lipinski definition) is 4. The van der Waals surface area contributed by atoms with Crippen molar-refractivity contribution >= 4 is 16.9 Å². The zero-order chi connectivity index (χ0) is 19.1. The molecular formula is C21H32N4O2. The van der Waals surface area contributed by atoms with Gasteiger partial charge in [-0.05, 0) is 44.2 Å². The molecule has 4 N–H and O–H groups in total. The van der Waals surface area contributed by atoms with Crippen molar-refractivity contribution in [2.24, 2.45) is 10.4 Å². The third kappa shape index (κ3) is 4.82. The van der Waals surface area contributed by atoms with Gasteiger partial charge in [-0.25, -0.2) is 0 Å². The highest BCUT2D eigenvalue weighted by Crippen LogP contribution is 2.32. The second-order valence-corrected chi connectivity index (χ2v) is 7.46. The molecule has 0 saturated carbocycles. The molecule has 2 aromatic rings. The molecule has 27 heavy (non-hydrogen) atoms. The zero-order valence-electron chi connectivity index (χ0n) is 16.5. The van der Waals surface area contributed by atoms with Crippen LogP contribution in [0.5, 0.6) is 0 Å². The number of aliphatic imine (C=N–C) groups is 1. The molecule has 1 aliphatic heterocycles. The summed E-state index contributed by atoms with van der Waals surface area (Å²) < 4.78 is 5.56. The lowest BCUT2D eigenvalue weighted by atomic mass is 9.84. The number of guanidine groups is 1. The maximum Gasteiger partial charge on any atom is 0.191 e. The van der Waals surface area contributed by atoms with Gasteiger partial charge in [0.25, 0.3) is 0 Å². The average Bonchev–Trinajstić information content (AvgIpc) is 3.29. The molecule has 1 aliphatic rings. The van der Waals surface area contributed by atoms with Gasteiger partial charge in [0.1, 0.15) is 0 Å². The molecule has 1 fully saturated rings. The highest BCUT2D eigenvalue weighted by molar-refractivity contribution is 5.86. The fourth-order valence-electron chi connectivity index (χ4n) is 3.76. The van der Waals surface area contributed by atoms with E-state index in [0.29, 0.717) is 13.2 Å². The molecule has 1 saturated heterocycles. The Bertz CT molecular complexity index is 763. The minimum Gasteiger partial charge on any atom is -0.396 e. The van der Waals surface area contributed by atoms with Crippen LogP contribution in [0.2, 0.25) is 0 Å². The van der Waals surface area contributed by atoms with Gasteiger partial charge in [0.15, 0.2) is 5.96 Å². The van der Waals surface area contributed by atoms with Gasteiger partial charge < -0.3 is 25.5 Å². The molecule has 1 unspecified atom stereocenters. The Morgan fingerprint density at radius 3 is 3.00 bits per heavy atom. The molecule has 0 aliphatic carbocycles. The number of nitrogens with one attached hydrogen (secondary N) is 3. The zero-order valence-corrected chi connectivity index (χ0v) is 16.5. The Labute approximate surface area is 161 Å². The van der Waals surface area contributed by atoms with Crippen molar-refractivity contribution < 1.29 is 9.84 Å².